The summed E-state index contributed by atoms with van der Waals surface area (Å²) in [5, 5.41) is 17.2. The van der Waals surface area contributed by atoms with Crippen LogP contribution in [0.4, 0.5) is 10.8 Å². The van der Waals surface area contributed by atoms with Gasteiger partial charge < -0.3 is 27.5 Å². The zero-order chi connectivity index (χ0) is 22.4. The van der Waals surface area contributed by atoms with E-state index in [2.05, 4.69) is 20.6 Å². The molecule has 3 aromatic rings. The van der Waals surface area contributed by atoms with E-state index < -0.39 is 0 Å². The average Bonchev–Trinajstić information content (AvgIpc) is 3.17. The number of nitrogens with zero attached hydrogens (tertiary/aromatic N) is 2. The van der Waals surface area contributed by atoms with Gasteiger partial charge in [0.1, 0.15) is 0 Å². The van der Waals surface area contributed by atoms with Crippen LogP contribution in [-0.2, 0) is 6.42 Å². The molecular weight excluding hydrogens is 410 g/mol. The van der Waals surface area contributed by atoms with Gasteiger partial charge >= 0.3 is 0 Å². The molecule has 0 saturated heterocycles. The minimum atomic E-state index is -0.192. The van der Waals surface area contributed by atoms with Crippen molar-refractivity contribution < 1.29 is 4.79 Å². The number of hydrogen-bond donors (Lipinski definition) is 5. The topological polar surface area (TPSA) is 143 Å². The van der Waals surface area contributed by atoms with E-state index in [9.17, 15) is 4.79 Å². The van der Waals surface area contributed by atoms with Gasteiger partial charge in [0, 0.05) is 47.5 Å². The average molecular weight is 438 g/mol. The first-order chi connectivity index (χ1) is 14.9. The number of allylic oxidation sites excluding steroid dienone is 1. The number of nitrogens with one attached hydrogen (secondary N) is 3. The highest BCUT2D eigenvalue weighted by Crippen LogP contribution is 2.29. The Morgan fingerprint density at radius 2 is 2.16 bits per heavy atom. The number of aryl methyl sites for hydroxylation is 1. The highest BCUT2D eigenvalue weighted by atomic mass is 32.1. The van der Waals surface area contributed by atoms with Crippen LogP contribution in [0.25, 0.3) is 16.5 Å². The Morgan fingerprint density at radius 1 is 1.35 bits per heavy atom. The first-order valence-corrected chi connectivity index (χ1v) is 10.9. The molecule has 0 unspecified atom stereocenters. The molecule has 0 saturated carbocycles. The number of nitrogen functional groups attached to an aromatic ring is 1. The molecule has 1 aromatic carbocycles. The number of carbonyl (C=O) groups is 1. The van der Waals surface area contributed by atoms with Crippen LogP contribution < -0.4 is 22.1 Å². The molecule has 31 heavy (non-hydrogen) atoms. The Hall–Kier alpha value is -3.46. The Kier molecular flexibility index (Phi) is 7.19. The van der Waals surface area contributed by atoms with Gasteiger partial charge in [0.15, 0.2) is 5.13 Å². The molecule has 162 valence electrons. The fraction of sp³-hybridized carbons (Fsp3) is 0.273. The molecule has 3 rings (SSSR count). The molecule has 0 atom stereocenters. The summed E-state index contributed by atoms with van der Waals surface area (Å²) in [6, 6.07) is 5.75. The number of hydrogen-bond acceptors (Lipinski definition) is 8. The van der Waals surface area contributed by atoms with Gasteiger partial charge in [0.25, 0.3) is 5.91 Å². The van der Waals surface area contributed by atoms with Crippen molar-refractivity contribution in [2.24, 2.45) is 5.73 Å². The fourth-order valence-electron chi connectivity index (χ4n) is 3.22. The molecule has 9 heteroatoms. The van der Waals surface area contributed by atoms with E-state index in [1.54, 1.807) is 6.20 Å². The highest BCUT2D eigenvalue weighted by Gasteiger charge is 2.17. The lowest BCUT2D eigenvalue weighted by molar-refractivity contribution is 0.0953. The molecule has 0 bridgehead atoms. The summed E-state index contributed by atoms with van der Waals surface area (Å²) in [6.07, 6.45) is 5.71. The van der Waals surface area contributed by atoms with Gasteiger partial charge in [0.05, 0.1) is 22.5 Å². The van der Waals surface area contributed by atoms with Crippen molar-refractivity contribution in [2.45, 2.75) is 32.7 Å². The van der Waals surface area contributed by atoms with E-state index in [1.807, 2.05) is 37.4 Å². The first kappa shape index (κ1) is 22.2. The summed E-state index contributed by atoms with van der Waals surface area (Å²) in [5.74, 6) is -0.192. The lowest BCUT2D eigenvalue weighted by atomic mass is 10.0. The Balaban J connectivity index is 1.85. The zero-order valence-electron chi connectivity index (χ0n) is 17.6. The van der Waals surface area contributed by atoms with E-state index >= 15 is 0 Å². The number of amides is 1. The van der Waals surface area contributed by atoms with Gasteiger partial charge in [-0.15, -0.1) is 11.3 Å². The van der Waals surface area contributed by atoms with Gasteiger partial charge in [-0.2, -0.15) is 0 Å². The second-order valence-corrected chi connectivity index (χ2v) is 8.27. The standard InChI is InChI=1S/C22H27N7OS/c1-13(2)28-20-17-8-14(15(9-23)10-24)5-6-19(17)27-11-18(20)21(30)26-7-3-4-16-12-31-22(25)29-16/h5-6,8-13,23H,3-4,7,24H2,1-2H3,(H2,25,29)(H,26,30)(H,27,28)/b15-10+,23-9?. The largest absolute Gasteiger partial charge is 0.404 e. The van der Waals surface area contributed by atoms with Crippen LogP contribution in [0.15, 0.2) is 36.0 Å². The van der Waals surface area contributed by atoms with Crippen LogP contribution in [0.1, 0.15) is 41.9 Å². The number of aromatic nitrogens is 2. The second kappa shape index (κ2) is 10.0. The highest BCUT2D eigenvalue weighted by molar-refractivity contribution is 7.13. The third kappa shape index (κ3) is 5.37. The molecule has 0 radical (unpaired) electrons. The van der Waals surface area contributed by atoms with Crippen LogP contribution in [0, 0.1) is 5.41 Å². The van der Waals surface area contributed by atoms with Gasteiger partial charge in [-0.3, -0.25) is 9.78 Å². The predicted octanol–water partition coefficient (Wildman–Crippen LogP) is 3.41. The van der Waals surface area contributed by atoms with E-state index in [4.69, 9.17) is 16.9 Å². The maximum atomic E-state index is 12.9. The summed E-state index contributed by atoms with van der Waals surface area (Å²) in [7, 11) is 0. The molecule has 1 amide bonds. The van der Waals surface area contributed by atoms with Crippen LogP contribution in [-0.4, -0.2) is 34.7 Å². The normalized spacial score (nSPS) is 11.6. The molecule has 8 nitrogen and oxygen atoms in total. The van der Waals surface area contributed by atoms with Crippen molar-refractivity contribution in [3.05, 3.63) is 52.8 Å². The van der Waals surface area contributed by atoms with Crippen LogP contribution in [0.2, 0.25) is 0 Å². The van der Waals surface area contributed by atoms with E-state index in [0.717, 1.165) is 35.0 Å². The molecule has 2 heterocycles. The molecule has 0 spiro atoms. The van der Waals surface area contributed by atoms with E-state index in [1.165, 1.54) is 23.8 Å². The third-order valence-corrected chi connectivity index (χ3v) is 5.40. The number of thiazole rings is 1. The van der Waals surface area contributed by atoms with Gasteiger partial charge in [-0.1, -0.05) is 6.07 Å². The summed E-state index contributed by atoms with van der Waals surface area (Å²) >= 11 is 1.42. The quantitative estimate of drug-likeness (QED) is 0.256. The second-order valence-electron chi connectivity index (χ2n) is 7.38. The summed E-state index contributed by atoms with van der Waals surface area (Å²) in [4.78, 5) is 21.7. The lowest BCUT2D eigenvalue weighted by Crippen LogP contribution is -2.27. The van der Waals surface area contributed by atoms with Crippen molar-refractivity contribution in [3.8, 4) is 0 Å². The number of pyridine rings is 1. The number of fused-ring (bicyclic) bond motifs is 1. The summed E-state index contributed by atoms with van der Waals surface area (Å²) < 4.78 is 0. The Morgan fingerprint density at radius 3 is 2.81 bits per heavy atom. The minimum absolute atomic E-state index is 0.114. The number of benzene rings is 1. The molecule has 0 aliphatic rings. The van der Waals surface area contributed by atoms with E-state index in [0.29, 0.717) is 28.5 Å². The van der Waals surface area contributed by atoms with Crippen molar-refractivity contribution in [1.82, 2.24) is 15.3 Å². The molecular formula is C22H27N7OS. The van der Waals surface area contributed by atoms with Gasteiger partial charge in [-0.25, -0.2) is 4.98 Å². The van der Waals surface area contributed by atoms with Crippen molar-refractivity contribution in [1.29, 1.82) is 5.41 Å². The molecule has 0 fully saturated rings. The summed E-state index contributed by atoms with van der Waals surface area (Å²) in [6.45, 7) is 4.55. The molecule has 2 aromatic heterocycles. The van der Waals surface area contributed by atoms with Crippen LogP contribution >= 0.6 is 11.3 Å². The van der Waals surface area contributed by atoms with E-state index in [-0.39, 0.29) is 11.9 Å². The fourth-order valence-corrected chi connectivity index (χ4v) is 3.82. The molecule has 7 N–H and O–H groups in total. The molecule has 0 aliphatic heterocycles. The van der Waals surface area contributed by atoms with Crippen molar-refractivity contribution >= 4 is 50.8 Å². The maximum Gasteiger partial charge on any atom is 0.254 e. The summed E-state index contributed by atoms with van der Waals surface area (Å²) in [5.41, 5.74) is 15.6. The number of anilines is 2. The number of carbonyl (C=O) groups excluding carboxylic acids is 1. The predicted molar refractivity (Wildman–Crippen MR) is 129 cm³/mol. The van der Waals surface area contributed by atoms with Gasteiger partial charge in [0.2, 0.25) is 0 Å². The monoisotopic (exact) mass is 437 g/mol. The minimum Gasteiger partial charge on any atom is -0.404 e. The van der Waals surface area contributed by atoms with Crippen molar-refractivity contribution in [2.75, 3.05) is 17.6 Å². The smallest absolute Gasteiger partial charge is 0.254 e. The SMILES string of the molecule is CC(C)Nc1c(C(=O)NCCCc2csc(N)n2)cnc2ccc(/C(C=N)=C/N)cc12. The molecule has 0 aliphatic carbocycles. The maximum absolute atomic E-state index is 12.9. The van der Waals surface area contributed by atoms with Crippen LogP contribution in [0.5, 0.6) is 0 Å². The van der Waals surface area contributed by atoms with Crippen molar-refractivity contribution in [3.63, 3.8) is 0 Å². The van der Waals surface area contributed by atoms with Crippen LogP contribution in [0.3, 0.4) is 0 Å². The lowest BCUT2D eigenvalue weighted by Gasteiger charge is -2.17. The number of rotatable bonds is 9. The third-order valence-electron chi connectivity index (χ3n) is 4.68. The van der Waals surface area contributed by atoms with Gasteiger partial charge in [-0.05, 0) is 44.4 Å². The number of nitrogens with two attached hydrogens (primary N) is 2. The zero-order valence-corrected chi connectivity index (χ0v) is 18.4. The Labute approximate surface area is 185 Å². The Bertz CT molecular complexity index is 1120. The first-order valence-electron chi connectivity index (χ1n) is 10.0.